The fourth-order valence-corrected chi connectivity index (χ4v) is 7.98. The molecule has 3 aromatic carbocycles. The summed E-state index contributed by atoms with van der Waals surface area (Å²) in [5, 5.41) is 17.4. The van der Waals surface area contributed by atoms with E-state index in [2.05, 4.69) is 75.8 Å². The molecule has 14 heteroatoms. The Bertz CT molecular complexity index is 2460. The predicted molar refractivity (Wildman–Crippen MR) is 216 cm³/mol. The number of ether oxygens (including phenoxy) is 1. The van der Waals surface area contributed by atoms with Crippen molar-refractivity contribution < 1.29 is 28.7 Å². The molecular formula is C44H44N8O6. The quantitative estimate of drug-likeness (QED) is 0.126. The monoisotopic (exact) mass is 780 g/mol. The molecule has 3 aliphatic heterocycles. The van der Waals surface area contributed by atoms with Gasteiger partial charge in [-0.2, -0.15) is 0 Å². The number of rotatable bonds is 12. The zero-order valence-corrected chi connectivity index (χ0v) is 32.8. The van der Waals surface area contributed by atoms with Crippen LogP contribution in [-0.4, -0.2) is 74.1 Å². The lowest BCUT2D eigenvalue weighted by atomic mass is 9.96. The number of nitrogens with zero attached hydrogens (tertiary/aromatic N) is 5. The van der Waals surface area contributed by atoms with Crippen molar-refractivity contribution in [3.8, 4) is 5.75 Å². The first kappa shape index (κ1) is 38.2. The molecule has 0 radical (unpaired) electrons. The van der Waals surface area contributed by atoms with Crippen molar-refractivity contribution in [3.63, 3.8) is 0 Å². The standard InChI is InChI=1S/C44H44N8O6/c1-24-9-13-29(14-10-24)40-38-26(3)25(2)21-35(38)51-27(4)49-50-41(51)33(47-40)22-37(54)46-23-28-11-15-30(16-12-28)58-20-6-19-45-32-8-5-7-31-39(32)44(57)52(43(31)56)34-17-18-36(53)48-42(34)55/h5,7-16,33-34,45H,6,17-23H2,1-4H3,(H,46,54)(H,48,53,55). The van der Waals surface area contributed by atoms with E-state index >= 15 is 0 Å². The number of carbonyl (C=O) groups is 5. The van der Waals surface area contributed by atoms with Crippen LogP contribution in [0, 0.1) is 13.8 Å². The van der Waals surface area contributed by atoms with Crippen LogP contribution >= 0.6 is 0 Å². The number of aryl methyl sites for hydroxylation is 2. The fraction of sp³-hybridized carbons (Fsp3) is 0.318. The number of hydrogen-bond donors (Lipinski definition) is 3. The van der Waals surface area contributed by atoms with E-state index in [0.29, 0.717) is 43.4 Å². The number of amides is 5. The molecule has 0 bridgehead atoms. The highest BCUT2D eigenvalue weighted by Gasteiger charge is 2.45. The molecule has 14 nitrogen and oxygen atoms in total. The molecule has 8 rings (SSSR count). The molecule has 1 saturated heterocycles. The number of fused-ring (bicyclic) bond motifs is 3. The van der Waals surface area contributed by atoms with Gasteiger partial charge in [-0.3, -0.25) is 43.7 Å². The molecule has 58 heavy (non-hydrogen) atoms. The highest BCUT2D eigenvalue weighted by molar-refractivity contribution is 6.25. The van der Waals surface area contributed by atoms with Gasteiger partial charge in [-0.15, -0.1) is 10.2 Å². The lowest BCUT2D eigenvalue weighted by molar-refractivity contribution is -0.136. The minimum atomic E-state index is -1.02. The van der Waals surface area contributed by atoms with Gasteiger partial charge in [0.2, 0.25) is 17.7 Å². The number of aromatic nitrogens is 3. The predicted octanol–water partition coefficient (Wildman–Crippen LogP) is 5.38. The van der Waals surface area contributed by atoms with Crippen LogP contribution in [0.4, 0.5) is 5.69 Å². The van der Waals surface area contributed by atoms with Gasteiger partial charge in [-0.25, -0.2) is 0 Å². The second-order valence-corrected chi connectivity index (χ2v) is 15.1. The Labute approximate surface area is 335 Å². The first-order chi connectivity index (χ1) is 28.0. The number of nitrogens with one attached hydrogen (secondary N) is 3. The summed E-state index contributed by atoms with van der Waals surface area (Å²) in [7, 11) is 0. The summed E-state index contributed by atoms with van der Waals surface area (Å²) in [6, 6.07) is 19.3. The molecule has 0 saturated carbocycles. The Balaban J connectivity index is 0.848. The zero-order chi connectivity index (χ0) is 40.7. The molecule has 1 aromatic heterocycles. The molecule has 1 fully saturated rings. The van der Waals surface area contributed by atoms with Gasteiger partial charge in [0.25, 0.3) is 11.8 Å². The van der Waals surface area contributed by atoms with Crippen LogP contribution in [0.2, 0.25) is 0 Å². The summed E-state index contributed by atoms with van der Waals surface area (Å²) in [6.45, 7) is 9.45. The van der Waals surface area contributed by atoms with E-state index in [9.17, 15) is 24.0 Å². The molecule has 4 heterocycles. The summed E-state index contributed by atoms with van der Waals surface area (Å²) >= 11 is 0. The second kappa shape index (κ2) is 15.7. The average Bonchev–Trinajstić information content (AvgIpc) is 3.79. The number of imide groups is 2. The van der Waals surface area contributed by atoms with E-state index < -0.39 is 35.7 Å². The van der Waals surface area contributed by atoms with E-state index in [-0.39, 0.29) is 36.3 Å². The second-order valence-electron chi connectivity index (χ2n) is 15.1. The molecule has 3 N–H and O–H groups in total. The topological polar surface area (TPSA) is 177 Å². The molecule has 4 aromatic rings. The SMILES string of the molecule is CC1=C(C)C2=C(C1)n1c(C)nnc1C(CC(=O)NCc1ccc(OCCCNc3cccc4c3C(=O)N(C3CCC(=O)NC3=O)C4=O)cc1)N=C2c1ccc(C)cc1. The van der Waals surface area contributed by atoms with Gasteiger partial charge in [-0.1, -0.05) is 53.6 Å². The molecule has 2 unspecified atom stereocenters. The van der Waals surface area contributed by atoms with Crippen LogP contribution in [0.5, 0.6) is 5.75 Å². The third-order valence-corrected chi connectivity index (χ3v) is 11.2. The summed E-state index contributed by atoms with van der Waals surface area (Å²) in [6.07, 6.45) is 1.63. The maximum absolute atomic E-state index is 13.5. The highest BCUT2D eigenvalue weighted by atomic mass is 16.5. The van der Waals surface area contributed by atoms with Crippen LogP contribution in [0.25, 0.3) is 5.70 Å². The lowest BCUT2D eigenvalue weighted by Crippen LogP contribution is -2.54. The van der Waals surface area contributed by atoms with E-state index in [1.54, 1.807) is 18.2 Å². The van der Waals surface area contributed by atoms with E-state index in [1.165, 1.54) is 11.1 Å². The maximum Gasteiger partial charge on any atom is 0.264 e. The zero-order valence-electron chi connectivity index (χ0n) is 32.8. The molecule has 5 amide bonds. The number of piperidine rings is 1. The Kier molecular flexibility index (Phi) is 10.3. The van der Waals surface area contributed by atoms with Crippen LogP contribution in [0.15, 0.2) is 88.4 Å². The number of carbonyl (C=O) groups excluding carboxylic acids is 5. The normalized spacial score (nSPS) is 18.8. The molecule has 1 aliphatic carbocycles. The number of hydrogen-bond acceptors (Lipinski definition) is 10. The minimum Gasteiger partial charge on any atom is -0.494 e. The van der Waals surface area contributed by atoms with Crippen molar-refractivity contribution in [1.82, 2.24) is 30.3 Å². The number of aliphatic imine (C=N–C) groups is 1. The summed E-state index contributed by atoms with van der Waals surface area (Å²) in [5.74, 6) is -0.221. The first-order valence-electron chi connectivity index (χ1n) is 19.5. The molecular weight excluding hydrogens is 737 g/mol. The Morgan fingerprint density at radius 2 is 1.71 bits per heavy atom. The Hall–Kier alpha value is -6.70. The third kappa shape index (κ3) is 7.21. The van der Waals surface area contributed by atoms with Crippen molar-refractivity contribution >= 4 is 46.6 Å². The Morgan fingerprint density at radius 1 is 0.931 bits per heavy atom. The van der Waals surface area contributed by atoms with Crippen LogP contribution in [0.3, 0.4) is 0 Å². The minimum absolute atomic E-state index is 0.0600. The lowest BCUT2D eigenvalue weighted by Gasteiger charge is -2.27. The van der Waals surface area contributed by atoms with Gasteiger partial charge in [0.05, 0.1) is 29.9 Å². The fourth-order valence-electron chi connectivity index (χ4n) is 7.98. The van der Waals surface area contributed by atoms with Gasteiger partial charge in [0, 0.05) is 48.5 Å². The van der Waals surface area contributed by atoms with Gasteiger partial charge in [0.1, 0.15) is 23.7 Å². The van der Waals surface area contributed by atoms with Crippen LogP contribution in [-0.2, 0) is 20.9 Å². The van der Waals surface area contributed by atoms with Gasteiger partial charge in [-0.05, 0) is 75.9 Å². The molecule has 4 aliphatic rings. The average molecular weight is 781 g/mol. The maximum atomic E-state index is 13.5. The summed E-state index contributed by atoms with van der Waals surface area (Å²) in [5.41, 5.74) is 9.52. The summed E-state index contributed by atoms with van der Waals surface area (Å²) < 4.78 is 8.04. The van der Waals surface area contributed by atoms with Crippen molar-refractivity contribution in [3.05, 3.63) is 123 Å². The van der Waals surface area contributed by atoms with E-state index in [4.69, 9.17) is 9.73 Å². The molecule has 2 atom stereocenters. The molecule has 296 valence electrons. The van der Waals surface area contributed by atoms with Crippen molar-refractivity contribution in [2.75, 3.05) is 18.5 Å². The van der Waals surface area contributed by atoms with E-state index in [0.717, 1.165) is 50.8 Å². The first-order valence-corrected chi connectivity index (χ1v) is 19.5. The van der Waals surface area contributed by atoms with Gasteiger partial charge < -0.3 is 15.4 Å². The largest absolute Gasteiger partial charge is 0.494 e. The van der Waals surface area contributed by atoms with Gasteiger partial charge in [0.15, 0.2) is 5.82 Å². The number of anilines is 1. The number of benzene rings is 3. The summed E-state index contributed by atoms with van der Waals surface area (Å²) in [4.78, 5) is 70.2. The number of allylic oxidation sites excluding steroid dienone is 4. The Morgan fingerprint density at radius 3 is 2.47 bits per heavy atom. The van der Waals surface area contributed by atoms with E-state index in [1.807, 2.05) is 31.2 Å². The highest BCUT2D eigenvalue weighted by Crippen LogP contribution is 2.42. The van der Waals surface area contributed by atoms with Crippen LogP contribution in [0.1, 0.15) is 101 Å². The van der Waals surface area contributed by atoms with Crippen LogP contribution < -0.4 is 20.7 Å². The third-order valence-electron chi connectivity index (χ3n) is 11.2. The smallest absolute Gasteiger partial charge is 0.264 e. The molecule has 0 spiro atoms. The van der Waals surface area contributed by atoms with Crippen molar-refractivity contribution in [2.45, 2.75) is 78.4 Å². The van der Waals surface area contributed by atoms with Crippen molar-refractivity contribution in [2.24, 2.45) is 4.99 Å². The van der Waals surface area contributed by atoms with Crippen molar-refractivity contribution in [1.29, 1.82) is 0 Å². The van der Waals surface area contributed by atoms with Gasteiger partial charge >= 0.3 is 0 Å².